The van der Waals surface area contributed by atoms with Crippen molar-refractivity contribution in [2.75, 3.05) is 6.61 Å². The van der Waals surface area contributed by atoms with Gasteiger partial charge in [-0.15, -0.1) is 0 Å². The third-order valence-electron chi connectivity index (χ3n) is 2.60. The molecule has 2 N–H and O–H groups in total. The van der Waals surface area contributed by atoms with Crippen molar-refractivity contribution in [1.82, 2.24) is 5.32 Å². The van der Waals surface area contributed by atoms with Crippen molar-refractivity contribution in [2.24, 2.45) is 0 Å². The fourth-order valence-corrected chi connectivity index (χ4v) is 2.33. The molecule has 2 aromatic rings. The van der Waals surface area contributed by atoms with Crippen LogP contribution < -0.4 is 5.32 Å². The van der Waals surface area contributed by atoms with Crippen LogP contribution in [-0.4, -0.2) is 11.7 Å². The van der Waals surface area contributed by atoms with Gasteiger partial charge in [0.25, 0.3) is 0 Å². The molecule has 0 amide bonds. The Kier molecular flexibility index (Phi) is 5.00. The molecule has 0 spiro atoms. The molecular weight excluding hydrogens is 362 g/mol. The summed E-state index contributed by atoms with van der Waals surface area (Å²) in [6.45, 7) is 0.609. The Balaban J connectivity index is 1.99. The van der Waals surface area contributed by atoms with Crippen molar-refractivity contribution in [3.63, 3.8) is 0 Å². The summed E-state index contributed by atoms with van der Waals surface area (Å²) in [5.74, 6) is 0.808. The maximum absolute atomic E-state index is 9.41. The Hall–Kier alpha value is -0.620. The highest BCUT2D eigenvalue weighted by Gasteiger charge is 2.11. The van der Waals surface area contributed by atoms with Gasteiger partial charge in [-0.05, 0) is 43.5 Å². The van der Waals surface area contributed by atoms with Crippen molar-refractivity contribution < 1.29 is 9.52 Å². The predicted molar refractivity (Wildman–Crippen MR) is 77.2 cm³/mol. The highest BCUT2D eigenvalue weighted by atomic mass is 79.9. The second kappa shape index (κ2) is 6.52. The van der Waals surface area contributed by atoms with Crippen molar-refractivity contribution in [1.29, 1.82) is 0 Å². The molecule has 0 fully saturated rings. The lowest BCUT2D eigenvalue weighted by Crippen LogP contribution is -2.23. The first kappa shape index (κ1) is 13.8. The van der Waals surface area contributed by atoms with E-state index in [9.17, 15) is 5.11 Å². The van der Waals surface area contributed by atoms with Crippen LogP contribution in [0.15, 0.2) is 50.0 Å². The zero-order chi connectivity index (χ0) is 13.0. The summed E-state index contributed by atoms with van der Waals surface area (Å²) in [7, 11) is 0. The van der Waals surface area contributed by atoms with Gasteiger partial charge in [-0.2, -0.15) is 0 Å². The van der Waals surface area contributed by atoms with Gasteiger partial charge in [-0.1, -0.05) is 30.3 Å². The zero-order valence-corrected chi connectivity index (χ0v) is 12.7. The molecule has 2 rings (SSSR count). The topological polar surface area (TPSA) is 45.4 Å². The number of hydrogen-bond acceptors (Lipinski definition) is 3. The van der Waals surface area contributed by atoms with Crippen LogP contribution in [0.2, 0.25) is 0 Å². The molecule has 1 aromatic carbocycles. The van der Waals surface area contributed by atoms with Gasteiger partial charge in [-0.3, -0.25) is 0 Å². The summed E-state index contributed by atoms with van der Waals surface area (Å²) in [6.07, 6.45) is 0. The van der Waals surface area contributed by atoms with Crippen LogP contribution in [0.25, 0.3) is 0 Å². The Morgan fingerprint density at radius 3 is 2.50 bits per heavy atom. The molecule has 0 saturated heterocycles. The van der Waals surface area contributed by atoms with Crippen LogP contribution in [0.3, 0.4) is 0 Å². The van der Waals surface area contributed by atoms with E-state index in [0.29, 0.717) is 11.2 Å². The highest BCUT2D eigenvalue weighted by Crippen LogP contribution is 2.27. The predicted octanol–water partition coefficient (Wildman–Crippen LogP) is 3.63. The minimum absolute atomic E-state index is 0.0487. The normalized spacial score (nSPS) is 12.6. The first-order valence-corrected chi connectivity index (χ1v) is 7.12. The van der Waals surface area contributed by atoms with E-state index in [1.54, 1.807) is 0 Å². The van der Waals surface area contributed by atoms with Gasteiger partial charge < -0.3 is 14.8 Å². The summed E-state index contributed by atoms with van der Waals surface area (Å²) in [5, 5.41) is 12.7. The van der Waals surface area contributed by atoms with Gasteiger partial charge in [0, 0.05) is 0 Å². The number of hydrogen-bond donors (Lipinski definition) is 2. The Morgan fingerprint density at radius 1 is 1.22 bits per heavy atom. The SMILES string of the molecule is OC[C@@H](NCc1cc(Br)c(Br)o1)c1ccccc1. The van der Waals surface area contributed by atoms with E-state index in [1.807, 2.05) is 36.4 Å². The molecule has 96 valence electrons. The fraction of sp³-hybridized carbons (Fsp3) is 0.231. The van der Waals surface area contributed by atoms with E-state index in [0.717, 1.165) is 15.8 Å². The molecule has 0 radical (unpaired) electrons. The lowest BCUT2D eigenvalue weighted by Gasteiger charge is -2.15. The monoisotopic (exact) mass is 373 g/mol. The number of nitrogens with one attached hydrogen (secondary N) is 1. The van der Waals surface area contributed by atoms with E-state index in [1.165, 1.54) is 0 Å². The molecule has 0 unspecified atom stereocenters. The van der Waals surface area contributed by atoms with E-state index in [4.69, 9.17) is 4.42 Å². The largest absolute Gasteiger partial charge is 0.452 e. The van der Waals surface area contributed by atoms with E-state index >= 15 is 0 Å². The first-order chi connectivity index (χ1) is 8.70. The lowest BCUT2D eigenvalue weighted by atomic mass is 10.1. The van der Waals surface area contributed by atoms with Crippen molar-refractivity contribution in [3.8, 4) is 0 Å². The molecular formula is C13H13Br2NO2. The fourth-order valence-electron chi connectivity index (χ4n) is 1.68. The average Bonchev–Trinajstić information content (AvgIpc) is 2.71. The van der Waals surface area contributed by atoms with Crippen LogP contribution in [-0.2, 0) is 6.54 Å². The van der Waals surface area contributed by atoms with Gasteiger partial charge >= 0.3 is 0 Å². The first-order valence-electron chi connectivity index (χ1n) is 5.53. The number of rotatable bonds is 5. The Morgan fingerprint density at radius 2 is 1.94 bits per heavy atom. The van der Waals surface area contributed by atoms with Gasteiger partial charge in [0.15, 0.2) is 4.67 Å². The van der Waals surface area contributed by atoms with Crippen molar-refractivity contribution in [3.05, 3.63) is 56.9 Å². The van der Waals surface area contributed by atoms with Crippen molar-refractivity contribution in [2.45, 2.75) is 12.6 Å². The van der Waals surface area contributed by atoms with Crippen LogP contribution >= 0.6 is 31.9 Å². The van der Waals surface area contributed by atoms with E-state index in [2.05, 4.69) is 37.2 Å². The molecule has 0 bridgehead atoms. The molecule has 1 atom stereocenters. The number of halogens is 2. The summed E-state index contributed by atoms with van der Waals surface area (Å²) in [5.41, 5.74) is 1.06. The van der Waals surface area contributed by atoms with E-state index in [-0.39, 0.29) is 12.6 Å². The number of benzene rings is 1. The Labute approximate surface area is 122 Å². The second-order valence-electron chi connectivity index (χ2n) is 3.86. The van der Waals surface area contributed by atoms with Crippen LogP contribution in [0.1, 0.15) is 17.4 Å². The number of furan rings is 1. The number of aliphatic hydroxyl groups is 1. The zero-order valence-electron chi connectivity index (χ0n) is 9.57. The molecule has 18 heavy (non-hydrogen) atoms. The van der Waals surface area contributed by atoms with Gasteiger partial charge in [0.1, 0.15) is 5.76 Å². The molecule has 0 aliphatic heterocycles. The molecule has 3 nitrogen and oxygen atoms in total. The molecule has 0 saturated carbocycles. The van der Waals surface area contributed by atoms with Crippen LogP contribution in [0.5, 0.6) is 0 Å². The summed E-state index contributed by atoms with van der Waals surface area (Å²) in [6, 6.07) is 11.7. The maximum Gasteiger partial charge on any atom is 0.183 e. The molecule has 0 aliphatic carbocycles. The van der Waals surface area contributed by atoms with Gasteiger partial charge in [0.2, 0.25) is 0 Å². The van der Waals surface area contributed by atoms with Gasteiger partial charge in [-0.25, -0.2) is 0 Å². The molecule has 5 heteroatoms. The third-order valence-corrected chi connectivity index (χ3v) is 4.31. The molecule has 0 aliphatic rings. The quantitative estimate of drug-likeness (QED) is 0.839. The molecule has 1 heterocycles. The van der Waals surface area contributed by atoms with Gasteiger partial charge in [0.05, 0.1) is 23.7 Å². The smallest absolute Gasteiger partial charge is 0.183 e. The minimum atomic E-state index is -0.0890. The van der Waals surface area contributed by atoms with E-state index < -0.39 is 0 Å². The summed E-state index contributed by atoms with van der Waals surface area (Å²) in [4.78, 5) is 0. The van der Waals surface area contributed by atoms with Crippen LogP contribution in [0, 0.1) is 0 Å². The lowest BCUT2D eigenvalue weighted by molar-refractivity contribution is 0.240. The average molecular weight is 375 g/mol. The minimum Gasteiger partial charge on any atom is -0.452 e. The van der Waals surface area contributed by atoms with Crippen molar-refractivity contribution >= 4 is 31.9 Å². The highest BCUT2D eigenvalue weighted by molar-refractivity contribution is 9.13. The maximum atomic E-state index is 9.41. The number of aliphatic hydroxyl groups excluding tert-OH is 1. The summed E-state index contributed by atoms with van der Waals surface area (Å²) < 4.78 is 7.04. The molecule has 1 aromatic heterocycles. The summed E-state index contributed by atoms with van der Waals surface area (Å²) >= 11 is 6.66. The second-order valence-corrected chi connectivity index (χ2v) is 5.44. The third kappa shape index (κ3) is 3.45. The standard InChI is InChI=1S/C13H13Br2NO2/c14-11-6-10(18-13(11)15)7-16-12(8-17)9-4-2-1-3-5-9/h1-6,12,16-17H,7-8H2/t12-/m1/s1. The van der Waals surface area contributed by atoms with Crippen LogP contribution in [0.4, 0.5) is 0 Å². The Bertz CT molecular complexity index is 479.